The van der Waals surface area contributed by atoms with E-state index in [2.05, 4.69) is 5.32 Å². The maximum atomic E-state index is 11.6. The first-order valence-corrected chi connectivity index (χ1v) is 5.44. The first-order valence-electron chi connectivity index (χ1n) is 5.44. The fraction of sp³-hybridized carbons (Fsp3) is 0.800. The molecule has 2 amide bonds. The van der Waals surface area contributed by atoms with Gasteiger partial charge in [0.05, 0.1) is 6.54 Å². The van der Waals surface area contributed by atoms with Gasteiger partial charge in [0.2, 0.25) is 0 Å². The summed E-state index contributed by atoms with van der Waals surface area (Å²) in [6.45, 7) is -0.259. The monoisotopic (exact) mass is 230 g/mol. The predicted molar refractivity (Wildman–Crippen MR) is 57.1 cm³/mol. The van der Waals surface area contributed by atoms with E-state index in [1.165, 1.54) is 0 Å². The zero-order chi connectivity index (χ0) is 12.1. The second-order valence-electron chi connectivity index (χ2n) is 4.09. The zero-order valence-corrected chi connectivity index (χ0v) is 9.35. The maximum Gasteiger partial charge on any atom is 0.334 e. The number of carbonyl (C=O) groups excluding carboxylic acids is 1. The molecule has 0 bridgehead atoms. The molecule has 1 aliphatic rings. The Balaban J connectivity index is 2.31. The number of aliphatic carboxylic acids is 1. The third-order valence-corrected chi connectivity index (χ3v) is 2.92. The van der Waals surface area contributed by atoms with Crippen molar-refractivity contribution in [3.05, 3.63) is 0 Å². The van der Waals surface area contributed by atoms with Gasteiger partial charge in [-0.15, -0.1) is 0 Å². The topological polar surface area (TPSA) is 89.9 Å². The average molecular weight is 230 g/mol. The molecule has 1 unspecified atom stereocenters. The largest absolute Gasteiger partial charge is 0.479 e. The third kappa shape index (κ3) is 3.37. The minimum absolute atomic E-state index is 0.238. The van der Waals surface area contributed by atoms with Crippen molar-refractivity contribution in [1.29, 1.82) is 0 Å². The van der Waals surface area contributed by atoms with E-state index in [1.54, 1.807) is 11.9 Å². The van der Waals surface area contributed by atoms with E-state index in [-0.39, 0.29) is 18.6 Å². The van der Waals surface area contributed by atoms with E-state index in [0.717, 1.165) is 25.7 Å². The van der Waals surface area contributed by atoms with Gasteiger partial charge in [-0.2, -0.15) is 0 Å². The van der Waals surface area contributed by atoms with Crippen LogP contribution in [-0.4, -0.2) is 52.9 Å². The summed E-state index contributed by atoms with van der Waals surface area (Å²) in [5.74, 6) is -1.33. The highest BCUT2D eigenvalue weighted by atomic mass is 16.4. The van der Waals surface area contributed by atoms with Crippen LogP contribution < -0.4 is 5.32 Å². The first-order chi connectivity index (χ1) is 7.52. The van der Waals surface area contributed by atoms with E-state index in [4.69, 9.17) is 10.2 Å². The SMILES string of the molecule is CN(C(=O)NCC(O)C(=O)O)C1CCCC1. The number of urea groups is 1. The molecule has 0 heterocycles. The second kappa shape index (κ2) is 5.69. The minimum Gasteiger partial charge on any atom is -0.479 e. The van der Waals surface area contributed by atoms with Crippen molar-refractivity contribution in [1.82, 2.24) is 10.2 Å². The highest BCUT2D eigenvalue weighted by molar-refractivity contribution is 5.76. The third-order valence-electron chi connectivity index (χ3n) is 2.92. The Labute approximate surface area is 94.2 Å². The van der Waals surface area contributed by atoms with Crippen LogP contribution in [0.5, 0.6) is 0 Å². The molecule has 1 atom stereocenters. The van der Waals surface area contributed by atoms with E-state index in [1.807, 2.05) is 0 Å². The van der Waals surface area contributed by atoms with Gasteiger partial charge < -0.3 is 20.4 Å². The number of nitrogens with one attached hydrogen (secondary N) is 1. The molecule has 1 aliphatic carbocycles. The van der Waals surface area contributed by atoms with Crippen LogP contribution in [-0.2, 0) is 4.79 Å². The van der Waals surface area contributed by atoms with Crippen LogP contribution >= 0.6 is 0 Å². The van der Waals surface area contributed by atoms with Crippen molar-refractivity contribution in [3.63, 3.8) is 0 Å². The van der Waals surface area contributed by atoms with E-state index in [0.29, 0.717) is 0 Å². The lowest BCUT2D eigenvalue weighted by atomic mass is 10.2. The smallest absolute Gasteiger partial charge is 0.334 e. The van der Waals surface area contributed by atoms with Crippen LogP contribution in [0.15, 0.2) is 0 Å². The van der Waals surface area contributed by atoms with Gasteiger partial charge in [0.15, 0.2) is 6.10 Å². The Hall–Kier alpha value is -1.30. The van der Waals surface area contributed by atoms with Crippen molar-refractivity contribution in [2.45, 2.75) is 37.8 Å². The lowest BCUT2D eigenvalue weighted by Crippen LogP contribution is -2.46. The molecule has 16 heavy (non-hydrogen) atoms. The maximum absolute atomic E-state index is 11.6. The van der Waals surface area contributed by atoms with Crippen molar-refractivity contribution < 1.29 is 19.8 Å². The molecule has 1 fully saturated rings. The molecule has 0 saturated heterocycles. The highest BCUT2D eigenvalue weighted by Crippen LogP contribution is 2.22. The molecule has 0 aromatic rings. The molecule has 6 nitrogen and oxygen atoms in total. The number of aliphatic hydroxyl groups excluding tert-OH is 1. The molecule has 92 valence electrons. The number of amides is 2. The molecule has 0 aromatic heterocycles. The lowest BCUT2D eigenvalue weighted by Gasteiger charge is -2.24. The summed E-state index contributed by atoms with van der Waals surface area (Å²) in [7, 11) is 1.69. The molecule has 0 spiro atoms. The van der Waals surface area contributed by atoms with Gasteiger partial charge >= 0.3 is 12.0 Å². The molecule has 1 rings (SSSR count). The Morgan fingerprint density at radius 2 is 2.00 bits per heavy atom. The molecular weight excluding hydrogens is 212 g/mol. The summed E-state index contributed by atoms with van der Waals surface area (Å²) in [5, 5.41) is 19.8. The van der Waals surface area contributed by atoms with Crippen LogP contribution in [0, 0.1) is 0 Å². The van der Waals surface area contributed by atoms with E-state index < -0.39 is 12.1 Å². The number of carboxylic acid groups (broad SMARTS) is 1. The van der Waals surface area contributed by atoms with Gasteiger partial charge in [0.25, 0.3) is 0 Å². The van der Waals surface area contributed by atoms with Gasteiger partial charge in [0.1, 0.15) is 0 Å². The molecule has 0 radical (unpaired) electrons. The van der Waals surface area contributed by atoms with Gasteiger partial charge in [-0.25, -0.2) is 9.59 Å². The molecule has 0 aliphatic heterocycles. The van der Waals surface area contributed by atoms with Crippen LogP contribution in [0.3, 0.4) is 0 Å². The van der Waals surface area contributed by atoms with Crippen LogP contribution in [0.1, 0.15) is 25.7 Å². The summed E-state index contributed by atoms with van der Waals surface area (Å²) in [4.78, 5) is 23.5. The minimum atomic E-state index is -1.54. The average Bonchev–Trinajstić information content (AvgIpc) is 2.77. The Morgan fingerprint density at radius 1 is 1.44 bits per heavy atom. The lowest BCUT2D eigenvalue weighted by molar-refractivity contribution is -0.146. The highest BCUT2D eigenvalue weighted by Gasteiger charge is 2.24. The van der Waals surface area contributed by atoms with Crippen molar-refractivity contribution >= 4 is 12.0 Å². The van der Waals surface area contributed by atoms with Gasteiger partial charge in [0, 0.05) is 13.1 Å². The molecule has 1 saturated carbocycles. The number of hydrogen-bond donors (Lipinski definition) is 3. The Bertz CT molecular complexity index is 264. The fourth-order valence-corrected chi connectivity index (χ4v) is 1.85. The standard InChI is InChI=1S/C10H18N2O4/c1-12(7-4-2-3-5-7)10(16)11-6-8(13)9(14)15/h7-8,13H,2-6H2,1H3,(H,11,16)(H,14,15). The van der Waals surface area contributed by atoms with Gasteiger partial charge in [-0.05, 0) is 12.8 Å². The summed E-state index contributed by atoms with van der Waals surface area (Å²) in [5.41, 5.74) is 0. The molecule has 0 aromatic carbocycles. The van der Waals surface area contributed by atoms with Gasteiger partial charge in [-0.3, -0.25) is 0 Å². The summed E-state index contributed by atoms with van der Waals surface area (Å²) in [6, 6.07) is -0.0887. The normalized spacial score (nSPS) is 18.1. The number of hydrogen-bond acceptors (Lipinski definition) is 3. The molecular formula is C10H18N2O4. The van der Waals surface area contributed by atoms with E-state index >= 15 is 0 Å². The molecule has 3 N–H and O–H groups in total. The number of aliphatic hydroxyl groups is 1. The predicted octanol–water partition coefficient (Wildman–Crippen LogP) is 0.0159. The van der Waals surface area contributed by atoms with Crippen LogP contribution in [0.4, 0.5) is 4.79 Å². The summed E-state index contributed by atoms with van der Waals surface area (Å²) >= 11 is 0. The van der Waals surface area contributed by atoms with Crippen molar-refractivity contribution in [2.75, 3.05) is 13.6 Å². The van der Waals surface area contributed by atoms with Gasteiger partial charge in [-0.1, -0.05) is 12.8 Å². The Kier molecular flexibility index (Phi) is 4.54. The van der Waals surface area contributed by atoms with E-state index in [9.17, 15) is 9.59 Å². The number of carbonyl (C=O) groups is 2. The fourth-order valence-electron chi connectivity index (χ4n) is 1.85. The molecule has 6 heteroatoms. The Morgan fingerprint density at radius 3 is 2.50 bits per heavy atom. The zero-order valence-electron chi connectivity index (χ0n) is 9.35. The second-order valence-corrected chi connectivity index (χ2v) is 4.09. The quantitative estimate of drug-likeness (QED) is 0.635. The van der Waals surface area contributed by atoms with Crippen LogP contribution in [0.2, 0.25) is 0 Å². The number of rotatable bonds is 4. The first kappa shape index (κ1) is 12.8. The van der Waals surface area contributed by atoms with Crippen molar-refractivity contribution in [2.24, 2.45) is 0 Å². The summed E-state index contributed by atoms with van der Waals surface area (Å²) < 4.78 is 0. The summed E-state index contributed by atoms with van der Waals surface area (Å²) in [6.07, 6.45) is 2.69. The number of nitrogens with zero attached hydrogens (tertiary/aromatic N) is 1. The van der Waals surface area contributed by atoms with Crippen molar-refractivity contribution in [3.8, 4) is 0 Å². The number of carboxylic acids is 1. The van der Waals surface area contributed by atoms with Crippen LogP contribution in [0.25, 0.3) is 0 Å².